The van der Waals surface area contributed by atoms with Gasteiger partial charge in [0.1, 0.15) is 0 Å². The van der Waals surface area contributed by atoms with Gasteiger partial charge in [-0.2, -0.15) is 0 Å². The average Bonchev–Trinajstić information content (AvgIpc) is 2.64. The quantitative estimate of drug-likeness (QED) is 0.250. The van der Waals surface area contributed by atoms with E-state index in [1.807, 2.05) is 13.8 Å². The number of amides is 1. The smallest absolute Gasteiger partial charge is 0.248 e. The monoisotopic (exact) mass is 399 g/mol. The normalized spacial score (nSPS) is 21.6. The van der Waals surface area contributed by atoms with Gasteiger partial charge >= 0.3 is 0 Å². The fourth-order valence-corrected chi connectivity index (χ4v) is 3.98. The summed E-state index contributed by atoms with van der Waals surface area (Å²) in [7, 11) is 3.14. The van der Waals surface area contributed by atoms with E-state index < -0.39 is 5.79 Å². The summed E-state index contributed by atoms with van der Waals surface area (Å²) in [5, 5.41) is 1.27. The van der Waals surface area contributed by atoms with Gasteiger partial charge in [-0.05, 0) is 20.3 Å². The Bertz CT molecular complexity index is 413. The minimum Gasteiger partial charge on any atom is -0.347 e. The lowest BCUT2D eigenvalue weighted by Crippen LogP contribution is -2.46. The van der Waals surface area contributed by atoms with Crippen LogP contribution in [0.25, 0.3) is 0 Å². The summed E-state index contributed by atoms with van der Waals surface area (Å²) in [6.45, 7) is 6.15. The molecule has 0 saturated carbocycles. The van der Waals surface area contributed by atoms with Gasteiger partial charge < -0.3 is 9.47 Å². The summed E-state index contributed by atoms with van der Waals surface area (Å²) < 4.78 is 12.0. The van der Waals surface area contributed by atoms with Crippen LogP contribution in [0.15, 0.2) is 0 Å². The molecule has 1 fully saturated rings. The van der Waals surface area contributed by atoms with Crippen molar-refractivity contribution in [2.45, 2.75) is 129 Å². The van der Waals surface area contributed by atoms with E-state index in [0.29, 0.717) is 6.42 Å². The van der Waals surface area contributed by atoms with Crippen molar-refractivity contribution in [1.29, 1.82) is 0 Å². The standard InChI is InChI=1S/C23H45NO4/c1-6-7-8-9-10-11-12-13-14-15-16-17-20-18-21(28-23(2,3)27-20)19-22(25)24(4)26-5/h20-21H,6-19H2,1-5H3/t20-,21+/m1/s1. The van der Waals surface area contributed by atoms with E-state index in [1.54, 1.807) is 7.05 Å². The molecule has 1 aliphatic heterocycles. The number of rotatable bonds is 15. The van der Waals surface area contributed by atoms with Crippen molar-refractivity contribution in [2.24, 2.45) is 0 Å². The number of hydrogen-bond acceptors (Lipinski definition) is 4. The molecule has 0 unspecified atom stereocenters. The molecule has 5 heteroatoms. The number of carbonyl (C=O) groups excluding carboxylic acids is 1. The third-order valence-electron chi connectivity index (χ3n) is 5.58. The Kier molecular flexibility index (Phi) is 13.0. The Balaban J connectivity index is 2.15. The first-order chi connectivity index (χ1) is 13.4. The van der Waals surface area contributed by atoms with Crippen molar-refractivity contribution < 1.29 is 19.1 Å². The van der Waals surface area contributed by atoms with Crippen molar-refractivity contribution in [3.05, 3.63) is 0 Å². The Morgan fingerprint density at radius 3 is 1.96 bits per heavy atom. The summed E-state index contributed by atoms with van der Waals surface area (Å²) in [4.78, 5) is 17.1. The zero-order valence-corrected chi connectivity index (χ0v) is 19.1. The predicted molar refractivity (Wildman–Crippen MR) is 114 cm³/mol. The zero-order chi connectivity index (χ0) is 20.8. The molecule has 2 atom stereocenters. The second-order valence-electron chi connectivity index (χ2n) is 8.72. The van der Waals surface area contributed by atoms with Gasteiger partial charge in [0.05, 0.1) is 25.7 Å². The zero-order valence-electron chi connectivity index (χ0n) is 19.1. The van der Waals surface area contributed by atoms with Crippen molar-refractivity contribution >= 4 is 5.91 Å². The van der Waals surface area contributed by atoms with Crippen molar-refractivity contribution in [3.8, 4) is 0 Å². The molecule has 1 aliphatic rings. The minimum atomic E-state index is -0.628. The highest BCUT2D eigenvalue weighted by Gasteiger charge is 2.36. The number of hydroxylamine groups is 2. The SMILES string of the molecule is CCCCCCCCCCCCC[C@@H]1C[C@@H](CC(=O)N(C)OC)OC(C)(C)O1. The molecule has 28 heavy (non-hydrogen) atoms. The van der Waals surface area contributed by atoms with Crippen molar-refractivity contribution in [3.63, 3.8) is 0 Å². The lowest BCUT2D eigenvalue weighted by molar-refractivity contribution is -0.301. The Hall–Kier alpha value is -0.650. The largest absolute Gasteiger partial charge is 0.347 e. The van der Waals surface area contributed by atoms with Crippen LogP contribution in [0.1, 0.15) is 111 Å². The van der Waals surface area contributed by atoms with Gasteiger partial charge in [0.2, 0.25) is 5.91 Å². The van der Waals surface area contributed by atoms with Crippen LogP contribution in [0.2, 0.25) is 0 Å². The van der Waals surface area contributed by atoms with Gasteiger partial charge in [0, 0.05) is 13.5 Å². The molecule has 1 saturated heterocycles. The number of carbonyl (C=O) groups is 1. The first-order valence-corrected chi connectivity index (χ1v) is 11.5. The van der Waals surface area contributed by atoms with Gasteiger partial charge in [-0.15, -0.1) is 0 Å². The van der Waals surface area contributed by atoms with Gasteiger partial charge in [-0.3, -0.25) is 9.63 Å². The third kappa shape index (κ3) is 11.4. The molecule has 0 radical (unpaired) electrons. The van der Waals surface area contributed by atoms with Crippen LogP contribution in [0.4, 0.5) is 0 Å². The van der Waals surface area contributed by atoms with Crippen LogP contribution in [0.5, 0.6) is 0 Å². The van der Waals surface area contributed by atoms with E-state index in [1.165, 1.54) is 82.8 Å². The van der Waals surface area contributed by atoms with Crippen LogP contribution < -0.4 is 0 Å². The molecular formula is C23H45NO4. The lowest BCUT2D eigenvalue weighted by Gasteiger charge is -2.41. The van der Waals surface area contributed by atoms with Gasteiger partial charge in [0.25, 0.3) is 0 Å². The van der Waals surface area contributed by atoms with E-state index >= 15 is 0 Å². The summed E-state index contributed by atoms with van der Waals surface area (Å²) >= 11 is 0. The van der Waals surface area contributed by atoms with Crippen molar-refractivity contribution in [2.75, 3.05) is 14.2 Å². The van der Waals surface area contributed by atoms with Gasteiger partial charge in [0.15, 0.2) is 5.79 Å². The Morgan fingerprint density at radius 1 is 0.929 bits per heavy atom. The maximum atomic E-state index is 12.1. The second-order valence-corrected chi connectivity index (χ2v) is 8.72. The Labute approximate surface area is 173 Å². The highest BCUT2D eigenvalue weighted by Crippen LogP contribution is 2.31. The molecule has 1 amide bonds. The van der Waals surface area contributed by atoms with E-state index in [-0.39, 0.29) is 18.1 Å². The molecular weight excluding hydrogens is 354 g/mol. The average molecular weight is 400 g/mol. The number of nitrogens with zero attached hydrogens (tertiary/aromatic N) is 1. The van der Waals surface area contributed by atoms with E-state index in [2.05, 4.69) is 6.92 Å². The fourth-order valence-electron chi connectivity index (χ4n) is 3.98. The highest BCUT2D eigenvalue weighted by atomic mass is 16.7. The van der Waals surface area contributed by atoms with Crippen LogP contribution in [-0.4, -0.2) is 43.1 Å². The molecule has 1 rings (SSSR count). The maximum absolute atomic E-state index is 12.1. The summed E-state index contributed by atoms with van der Waals surface area (Å²) in [5.41, 5.74) is 0. The molecule has 166 valence electrons. The van der Waals surface area contributed by atoms with Gasteiger partial charge in [-0.1, -0.05) is 77.6 Å². The lowest BCUT2D eigenvalue weighted by atomic mass is 9.99. The van der Waals surface area contributed by atoms with Crippen LogP contribution in [0.3, 0.4) is 0 Å². The molecule has 0 spiro atoms. The first kappa shape index (κ1) is 25.4. The Morgan fingerprint density at radius 2 is 1.43 bits per heavy atom. The minimum absolute atomic E-state index is 0.0568. The topological polar surface area (TPSA) is 48.0 Å². The molecule has 0 N–H and O–H groups in total. The van der Waals surface area contributed by atoms with E-state index in [9.17, 15) is 4.79 Å². The van der Waals surface area contributed by atoms with Crippen LogP contribution in [0, 0.1) is 0 Å². The van der Waals surface area contributed by atoms with E-state index in [0.717, 1.165) is 12.8 Å². The summed E-state index contributed by atoms with van der Waals surface area (Å²) in [6.07, 6.45) is 17.1. The molecule has 5 nitrogen and oxygen atoms in total. The molecule has 0 aromatic carbocycles. The van der Waals surface area contributed by atoms with Gasteiger partial charge in [-0.25, -0.2) is 5.06 Å². The van der Waals surface area contributed by atoms with E-state index in [4.69, 9.17) is 14.3 Å². The second kappa shape index (κ2) is 14.4. The van der Waals surface area contributed by atoms with Crippen LogP contribution in [-0.2, 0) is 19.1 Å². The van der Waals surface area contributed by atoms with Crippen molar-refractivity contribution in [1.82, 2.24) is 5.06 Å². The highest BCUT2D eigenvalue weighted by molar-refractivity contribution is 5.75. The third-order valence-corrected chi connectivity index (χ3v) is 5.58. The first-order valence-electron chi connectivity index (χ1n) is 11.5. The molecule has 1 heterocycles. The number of unbranched alkanes of at least 4 members (excludes halogenated alkanes) is 10. The van der Waals surface area contributed by atoms with Crippen LogP contribution >= 0.6 is 0 Å². The summed E-state index contributed by atoms with van der Waals surface area (Å²) in [5.74, 6) is -0.685. The molecule has 0 aromatic heterocycles. The predicted octanol–water partition coefficient (Wildman–Crippen LogP) is 6.01. The molecule has 0 aliphatic carbocycles. The molecule has 0 aromatic rings. The summed E-state index contributed by atoms with van der Waals surface area (Å²) in [6, 6.07) is 0. The fraction of sp³-hybridized carbons (Fsp3) is 0.957. The number of hydrogen-bond donors (Lipinski definition) is 0. The number of ether oxygens (including phenoxy) is 2. The molecule has 0 bridgehead atoms. The maximum Gasteiger partial charge on any atom is 0.248 e.